The second-order valence-corrected chi connectivity index (χ2v) is 8.25. The molecule has 0 spiro atoms. The van der Waals surface area contributed by atoms with Gasteiger partial charge in [0.05, 0.1) is 13.5 Å². The van der Waals surface area contributed by atoms with Crippen LogP contribution in [-0.2, 0) is 23.9 Å². The smallest absolute Gasteiger partial charge is 0.346 e. The molecule has 8 heteroatoms. The fourth-order valence-corrected chi connectivity index (χ4v) is 4.91. The number of hydrogen-bond acceptors (Lipinski definition) is 7. The van der Waals surface area contributed by atoms with E-state index in [1.54, 1.807) is 24.3 Å². The molecule has 3 rings (SSSR count). The number of esters is 2. The quantitative estimate of drug-likeness (QED) is 0.578. The maximum atomic E-state index is 12.2. The first-order chi connectivity index (χ1) is 11.8. The summed E-state index contributed by atoms with van der Waals surface area (Å²) in [6, 6.07) is 8.08. The molecular weight excluding hydrogens is 346 g/mol. The number of amides is 1. The molecule has 1 unspecified atom stereocenters. The third kappa shape index (κ3) is 3.06. The molecule has 0 N–H and O–H groups in total. The van der Waals surface area contributed by atoms with E-state index in [1.807, 2.05) is 19.9 Å². The third-order valence-corrected chi connectivity index (χ3v) is 5.64. The zero-order chi connectivity index (χ0) is 18.2. The molecule has 0 radical (unpaired) electrons. The molecule has 25 heavy (non-hydrogen) atoms. The van der Waals surface area contributed by atoms with Gasteiger partial charge < -0.3 is 14.2 Å². The fraction of sp³-hybridized carbons (Fsp3) is 0.471. The zero-order valence-corrected chi connectivity index (χ0v) is 15.0. The minimum absolute atomic E-state index is 0.0334. The lowest BCUT2D eigenvalue weighted by atomic mass is 9.97. The second-order valence-electron chi connectivity index (χ2n) is 6.36. The van der Waals surface area contributed by atoms with Crippen molar-refractivity contribution in [3.8, 4) is 5.75 Å². The second kappa shape index (κ2) is 6.25. The van der Waals surface area contributed by atoms with E-state index in [4.69, 9.17) is 14.2 Å². The van der Waals surface area contributed by atoms with Gasteiger partial charge in [-0.05, 0) is 26.0 Å². The monoisotopic (exact) mass is 365 g/mol. The largest absolute Gasteiger partial charge is 0.482 e. The molecule has 2 fully saturated rings. The Balaban J connectivity index is 1.70. The van der Waals surface area contributed by atoms with Gasteiger partial charge in [-0.15, -0.1) is 0 Å². The molecule has 0 aliphatic carbocycles. The third-order valence-electron chi connectivity index (χ3n) is 4.15. The highest BCUT2D eigenvalue weighted by atomic mass is 32.2. The van der Waals surface area contributed by atoms with Crippen molar-refractivity contribution in [1.82, 2.24) is 4.90 Å². The standard InChI is InChI=1S/C17H19NO6S/c1-16(2)14(15(21)22-3)18-12(19)9-17(18,25-16)24-13(20)10-23-11-7-5-4-6-8-11/h4-8,14H,9-10H2,1-3H3/t14-,17?/m0/s1. The van der Waals surface area contributed by atoms with Crippen LogP contribution in [0.2, 0.25) is 0 Å². The molecule has 1 aromatic carbocycles. The van der Waals surface area contributed by atoms with Crippen molar-refractivity contribution >= 4 is 29.6 Å². The molecular formula is C17H19NO6S. The van der Waals surface area contributed by atoms with Gasteiger partial charge in [0, 0.05) is 4.75 Å². The van der Waals surface area contributed by atoms with E-state index in [0.29, 0.717) is 5.75 Å². The van der Waals surface area contributed by atoms with Crippen LogP contribution in [0.25, 0.3) is 0 Å². The van der Waals surface area contributed by atoms with Crippen LogP contribution in [0.4, 0.5) is 0 Å². The van der Waals surface area contributed by atoms with E-state index in [0.717, 1.165) is 0 Å². The summed E-state index contributed by atoms with van der Waals surface area (Å²) < 4.78 is 15.1. The molecule has 2 aliphatic rings. The van der Waals surface area contributed by atoms with E-state index in [1.165, 1.54) is 23.8 Å². The summed E-state index contributed by atoms with van der Waals surface area (Å²) in [5, 5.41) is -1.17. The minimum atomic E-state index is -1.17. The average Bonchev–Trinajstić information content (AvgIpc) is 2.75. The summed E-state index contributed by atoms with van der Waals surface area (Å²) in [6.45, 7) is 3.36. The highest BCUT2D eigenvalue weighted by Crippen LogP contribution is 2.59. The number of benzene rings is 1. The number of methoxy groups -OCH3 is 1. The minimum Gasteiger partial charge on any atom is -0.482 e. The van der Waals surface area contributed by atoms with Gasteiger partial charge in [0.1, 0.15) is 11.8 Å². The number of carbonyl (C=O) groups excluding carboxylic acids is 3. The number of carbonyl (C=O) groups is 3. The SMILES string of the molecule is COC(=O)[C@@H]1N2C(=O)CC2(OC(=O)COc2ccccc2)SC1(C)C. The maximum Gasteiger partial charge on any atom is 0.346 e. The number of thioether (sulfide) groups is 1. The van der Waals surface area contributed by atoms with Crippen LogP contribution in [0.15, 0.2) is 30.3 Å². The summed E-state index contributed by atoms with van der Waals surface area (Å²) >= 11 is 1.28. The molecule has 2 saturated heterocycles. The van der Waals surface area contributed by atoms with Crippen LogP contribution in [0, 0.1) is 0 Å². The summed E-state index contributed by atoms with van der Waals surface area (Å²) in [7, 11) is 1.27. The number of fused-ring (bicyclic) bond motifs is 1. The van der Waals surface area contributed by atoms with Gasteiger partial charge in [-0.2, -0.15) is 0 Å². The molecule has 0 saturated carbocycles. The summed E-state index contributed by atoms with van der Waals surface area (Å²) in [5.74, 6) is -0.824. The van der Waals surface area contributed by atoms with E-state index < -0.39 is 27.8 Å². The lowest BCUT2D eigenvalue weighted by Crippen LogP contribution is -2.65. The Kier molecular flexibility index (Phi) is 4.40. The molecule has 1 aromatic rings. The van der Waals surface area contributed by atoms with Gasteiger partial charge >= 0.3 is 11.9 Å². The number of nitrogens with zero attached hydrogens (tertiary/aromatic N) is 1. The first-order valence-corrected chi connectivity index (χ1v) is 8.60. The Morgan fingerprint density at radius 3 is 2.56 bits per heavy atom. The summed E-state index contributed by atoms with van der Waals surface area (Å²) in [4.78, 5) is 37.7. The molecule has 2 aliphatic heterocycles. The van der Waals surface area contributed by atoms with Gasteiger partial charge in [-0.25, -0.2) is 9.59 Å². The highest BCUT2D eigenvalue weighted by molar-refractivity contribution is 8.02. The van der Waals surface area contributed by atoms with Crippen LogP contribution in [-0.4, -0.2) is 52.3 Å². The maximum absolute atomic E-state index is 12.2. The average molecular weight is 365 g/mol. The first-order valence-electron chi connectivity index (χ1n) is 7.79. The van der Waals surface area contributed by atoms with Crippen LogP contribution in [0.1, 0.15) is 20.3 Å². The Labute approximate surface area is 149 Å². The first kappa shape index (κ1) is 17.6. The molecule has 0 bridgehead atoms. The molecule has 2 heterocycles. The number of hydrogen-bond donors (Lipinski definition) is 0. The fourth-order valence-electron chi connectivity index (χ4n) is 3.14. The topological polar surface area (TPSA) is 82.1 Å². The van der Waals surface area contributed by atoms with E-state index in [9.17, 15) is 14.4 Å². The van der Waals surface area contributed by atoms with Crippen molar-refractivity contribution in [2.45, 2.75) is 36.1 Å². The number of para-hydroxylation sites is 1. The van der Waals surface area contributed by atoms with Crippen molar-refractivity contribution in [3.63, 3.8) is 0 Å². The van der Waals surface area contributed by atoms with Crippen molar-refractivity contribution in [3.05, 3.63) is 30.3 Å². The molecule has 134 valence electrons. The number of ether oxygens (including phenoxy) is 3. The Hall–Kier alpha value is -2.22. The van der Waals surface area contributed by atoms with E-state index >= 15 is 0 Å². The Morgan fingerprint density at radius 2 is 1.96 bits per heavy atom. The number of β-lactam (4-membered cyclic amide) rings is 1. The summed E-state index contributed by atoms with van der Waals surface area (Å²) in [5.41, 5.74) is 0. The van der Waals surface area contributed by atoms with Crippen LogP contribution in [0.5, 0.6) is 5.75 Å². The van der Waals surface area contributed by atoms with Gasteiger partial charge in [-0.3, -0.25) is 9.69 Å². The van der Waals surface area contributed by atoms with Crippen LogP contribution < -0.4 is 4.74 Å². The van der Waals surface area contributed by atoms with Crippen molar-refractivity contribution in [1.29, 1.82) is 0 Å². The Morgan fingerprint density at radius 1 is 1.28 bits per heavy atom. The van der Waals surface area contributed by atoms with Crippen LogP contribution in [0.3, 0.4) is 0 Å². The molecule has 7 nitrogen and oxygen atoms in total. The van der Waals surface area contributed by atoms with Gasteiger partial charge in [0.15, 0.2) is 6.61 Å². The van der Waals surface area contributed by atoms with Gasteiger partial charge in [0.2, 0.25) is 11.0 Å². The summed E-state index contributed by atoms with van der Waals surface area (Å²) in [6.07, 6.45) is 0.0334. The highest BCUT2D eigenvalue weighted by Gasteiger charge is 2.70. The normalized spacial score (nSPS) is 26.4. The molecule has 1 amide bonds. The van der Waals surface area contributed by atoms with E-state index in [-0.39, 0.29) is 18.9 Å². The van der Waals surface area contributed by atoms with Gasteiger partial charge in [0.25, 0.3) is 0 Å². The zero-order valence-electron chi connectivity index (χ0n) is 14.2. The number of rotatable bonds is 5. The van der Waals surface area contributed by atoms with Crippen molar-refractivity contribution in [2.75, 3.05) is 13.7 Å². The molecule has 2 atom stereocenters. The predicted octanol–water partition coefficient (Wildman–Crippen LogP) is 1.56. The lowest BCUT2D eigenvalue weighted by molar-refractivity contribution is -0.200. The van der Waals surface area contributed by atoms with Crippen LogP contribution >= 0.6 is 11.8 Å². The van der Waals surface area contributed by atoms with Gasteiger partial charge in [-0.1, -0.05) is 30.0 Å². The van der Waals surface area contributed by atoms with E-state index in [2.05, 4.69) is 0 Å². The van der Waals surface area contributed by atoms with Crippen molar-refractivity contribution < 1.29 is 28.6 Å². The van der Waals surface area contributed by atoms with Crippen molar-refractivity contribution in [2.24, 2.45) is 0 Å². The molecule has 0 aromatic heterocycles. The Bertz CT molecular complexity index is 706. The predicted molar refractivity (Wildman–Crippen MR) is 89.7 cm³/mol. The lowest BCUT2D eigenvalue weighted by Gasteiger charge is -2.45.